The number of nitrogens with zero attached hydrogens (tertiary/aromatic N) is 3. The van der Waals surface area contributed by atoms with Gasteiger partial charge in [0.2, 0.25) is 5.91 Å². The molecular formula is C23H35N3O3. The van der Waals surface area contributed by atoms with E-state index in [1.54, 1.807) is 0 Å². The van der Waals surface area contributed by atoms with E-state index in [0.717, 1.165) is 18.7 Å². The van der Waals surface area contributed by atoms with Crippen LogP contribution in [0, 0.1) is 5.92 Å². The molecule has 0 aromatic heterocycles. The van der Waals surface area contributed by atoms with Crippen molar-refractivity contribution >= 4 is 11.8 Å². The van der Waals surface area contributed by atoms with Gasteiger partial charge in [0.05, 0.1) is 6.61 Å². The van der Waals surface area contributed by atoms with E-state index >= 15 is 0 Å². The first kappa shape index (κ1) is 21.6. The number of likely N-dealkylation sites (tertiary alicyclic amines) is 1. The number of rotatable bonds is 7. The van der Waals surface area contributed by atoms with E-state index in [4.69, 9.17) is 4.74 Å². The van der Waals surface area contributed by atoms with Gasteiger partial charge >= 0.3 is 0 Å². The highest BCUT2D eigenvalue weighted by atomic mass is 16.5. The third-order valence-electron chi connectivity index (χ3n) is 5.81. The lowest BCUT2D eigenvalue weighted by Gasteiger charge is -2.35. The molecule has 0 N–H and O–H groups in total. The van der Waals surface area contributed by atoms with E-state index in [2.05, 4.69) is 4.90 Å². The first-order valence-electron chi connectivity index (χ1n) is 11.1. The number of hydrogen-bond acceptors (Lipinski definition) is 4. The van der Waals surface area contributed by atoms with Gasteiger partial charge in [-0.3, -0.25) is 9.59 Å². The Labute approximate surface area is 174 Å². The van der Waals surface area contributed by atoms with E-state index in [9.17, 15) is 9.59 Å². The Hall–Kier alpha value is -2.08. The molecular weight excluding hydrogens is 366 g/mol. The molecule has 6 nitrogen and oxygen atoms in total. The average Bonchev–Trinajstić information content (AvgIpc) is 2.77. The number of ether oxygens (including phenoxy) is 1. The van der Waals surface area contributed by atoms with Gasteiger partial charge in [-0.15, -0.1) is 0 Å². The molecule has 0 aliphatic carbocycles. The van der Waals surface area contributed by atoms with Gasteiger partial charge in [0, 0.05) is 44.2 Å². The fourth-order valence-corrected chi connectivity index (χ4v) is 4.03. The zero-order valence-electron chi connectivity index (χ0n) is 17.9. The van der Waals surface area contributed by atoms with Gasteiger partial charge in [-0.1, -0.05) is 20.3 Å². The van der Waals surface area contributed by atoms with Gasteiger partial charge in [0.25, 0.3) is 5.91 Å². The molecule has 29 heavy (non-hydrogen) atoms. The predicted molar refractivity (Wildman–Crippen MR) is 114 cm³/mol. The predicted octanol–water partition coefficient (Wildman–Crippen LogP) is 2.88. The summed E-state index contributed by atoms with van der Waals surface area (Å²) in [5.74, 6) is 1.01. The summed E-state index contributed by atoms with van der Waals surface area (Å²) in [7, 11) is 0. The molecule has 2 fully saturated rings. The molecule has 1 aromatic carbocycles. The number of amides is 2. The highest BCUT2D eigenvalue weighted by molar-refractivity contribution is 5.94. The maximum atomic E-state index is 12.7. The molecule has 0 unspecified atom stereocenters. The summed E-state index contributed by atoms with van der Waals surface area (Å²) in [6, 6.07) is 7.45. The van der Waals surface area contributed by atoms with Gasteiger partial charge < -0.3 is 19.4 Å². The Kier molecular flexibility index (Phi) is 7.92. The summed E-state index contributed by atoms with van der Waals surface area (Å²) in [4.78, 5) is 31.0. The van der Waals surface area contributed by atoms with Crippen LogP contribution in [0.2, 0.25) is 0 Å². The number of piperazine rings is 1. The Balaban J connectivity index is 1.40. The zero-order valence-corrected chi connectivity index (χ0v) is 17.9. The van der Waals surface area contributed by atoms with Crippen LogP contribution in [-0.4, -0.2) is 78.9 Å². The molecule has 0 saturated carbocycles. The van der Waals surface area contributed by atoms with Crippen molar-refractivity contribution in [2.75, 3.05) is 52.4 Å². The summed E-state index contributed by atoms with van der Waals surface area (Å²) in [6.07, 6.45) is 5.03. The Morgan fingerprint density at radius 3 is 2.14 bits per heavy atom. The monoisotopic (exact) mass is 401 g/mol. The second kappa shape index (κ2) is 10.6. The molecule has 0 atom stereocenters. The smallest absolute Gasteiger partial charge is 0.253 e. The highest BCUT2D eigenvalue weighted by Gasteiger charge is 2.25. The second-order valence-corrected chi connectivity index (χ2v) is 8.40. The molecule has 0 radical (unpaired) electrons. The van der Waals surface area contributed by atoms with Crippen LogP contribution >= 0.6 is 0 Å². The van der Waals surface area contributed by atoms with Crippen molar-refractivity contribution in [3.63, 3.8) is 0 Å². The summed E-state index contributed by atoms with van der Waals surface area (Å²) < 4.78 is 5.84. The van der Waals surface area contributed by atoms with Crippen molar-refractivity contribution in [3.8, 4) is 5.75 Å². The molecule has 3 rings (SSSR count). The van der Waals surface area contributed by atoms with Crippen LogP contribution in [-0.2, 0) is 4.79 Å². The number of piperidine rings is 1. The number of carbonyl (C=O) groups excluding carboxylic acids is 2. The van der Waals surface area contributed by atoms with Gasteiger partial charge in [-0.2, -0.15) is 0 Å². The topological polar surface area (TPSA) is 53.1 Å². The largest absolute Gasteiger partial charge is 0.494 e. The SMILES string of the molecule is CC(C)C(=O)N1CCN(C(=O)c2ccc(OCCCN3CCCCC3)cc2)CC1. The van der Waals surface area contributed by atoms with E-state index in [1.165, 1.54) is 32.4 Å². The quantitative estimate of drug-likeness (QED) is 0.660. The molecule has 2 amide bonds. The highest BCUT2D eigenvalue weighted by Crippen LogP contribution is 2.16. The van der Waals surface area contributed by atoms with Crippen molar-refractivity contribution in [1.82, 2.24) is 14.7 Å². The van der Waals surface area contributed by atoms with Crippen molar-refractivity contribution in [2.24, 2.45) is 5.92 Å². The van der Waals surface area contributed by atoms with Crippen molar-refractivity contribution < 1.29 is 14.3 Å². The van der Waals surface area contributed by atoms with Gasteiger partial charge in [0.1, 0.15) is 5.75 Å². The lowest BCUT2D eigenvalue weighted by Crippen LogP contribution is -2.51. The minimum Gasteiger partial charge on any atom is -0.494 e. The fraction of sp³-hybridized carbons (Fsp3) is 0.652. The number of hydrogen-bond donors (Lipinski definition) is 0. The van der Waals surface area contributed by atoms with E-state index in [0.29, 0.717) is 38.3 Å². The van der Waals surface area contributed by atoms with Gasteiger partial charge in [-0.25, -0.2) is 0 Å². The maximum absolute atomic E-state index is 12.7. The summed E-state index contributed by atoms with van der Waals surface area (Å²) in [5, 5.41) is 0. The lowest BCUT2D eigenvalue weighted by atomic mass is 10.1. The first-order valence-corrected chi connectivity index (χ1v) is 11.1. The lowest BCUT2D eigenvalue weighted by molar-refractivity contribution is -0.135. The average molecular weight is 402 g/mol. The van der Waals surface area contributed by atoms with Crippen molar-refractivity contribution in [1.29, 1.82) is 0 Å². The Morgan fingerprint density at radius 1 is 0.897 bits per heavy atom. The molecule has 2 heterocycles. The van der Waals surface area contributed by atoms with Crippen molar-refractivity contribution in [3.05, 3.63) is 29.8 Å². The third kappa shape index (κ3) is 6.20. The Bertz CT molecular complexity index is 660. The minimum absolute atomic E-state index is 0.00430. The second-order valence-electron chi connectivity index (χ2n) is 8.40. The molecule has 0 bridgehead atoms. The molecule has 2 saturated heterocycles. The first-order chi connectivity index (χ1) is 14.0. The van der Waals surface area contributed by atoms with Crippen LogP contribution in [0.25, 0.3) is 0 Å². The molecule has 160 valence electrons. The number of benzene rings is 1. The van der Waals surface area contributed by atoms with Crippen LogP contribution in [0.4, 0.5) is 0 Å². The minimum atomic E-state index is 0.00430. The normalized spacial score (nSPS) is 18.2. The Morgan fingerprint density at radius 2 is 1.52 bits per heavy atom. The van der Waals surface area contributed by atoms with E-state index < -0.39 is 0 Å². The van der Waals surface area contributed by atoms with Gasteiger partial charge in [0.15, 0.2) is 0 Å². The van der Waals surface area contributed by atoms with Crippen LogP contribution in [0.1, 0.15) is 49.9 Å². The summed E-state index contributed by atoms with van der Waals surface area (Å²) in [5.41, 5.74) is 0.675. The summed E-state index contributed by atoms with van der Waals surface area (Å²) in [6.45, 7) is 10.5. The molecule has 1 aromatic rings. The van der Waals surface area contributed by atoms with Crippen LogP contribution in [0.15, 0.2) is 24.3 Å². The fourth-order valence-electron chi connectivity index (χ4n) is 4.03. The summed E-state index contributed by atoms with van der Waals surface area (Å²) >= 11 is 0. The number of carbonyl (C=O) groups is 2. The van der Waals surface area contributed by atoms with Crippen LogP contribution in [0.5, 0.6) is 5.75 Å². The molecule has 2 aliphatic rings. The van der Waals surface area contributed by atoms with Crippen molar-refractivity contribution in [2.45, 2.75) is 39.5 Å². The van der Waals surface area contributed by atoms with Crippen LogP contribution < -0.4 is 4.74 Å². The zero-order chi connectivity index (χ0) is 20.6. The standard InChI is InChI=1S/C23H35N3O3/c1-19(2)22(27)25-14-16-26(17-15-25)23(28)20-7-9-21(10-8-20)29-18-6-13-24-11-4-3-5-12-24/h7-10,19H,3-6,11-18H2,1-2H3. The molecule has 0 spiro atoms. The van der Waals surface area contributed by atoms with E-state index in [-0.39, 0.29) is 17.7 Å². The van der Waals surface area contributed by atoms with E-state index in [1.807, 2.05) is 47.9 Å². The van der Waals surface area contributed by atoms with Gasteiger partial charge in [-0.05, 0) is 56.6 Å². The molecule has 6 heteroatoms. The maximum Gasteiger partial charge on any atom is 0.253 e. The van der Waals surface area contributed by atoms with Crippen LogP contribution in [0.3, 0.4) is 0 Å². The molecule has 2 aliphatic heterocycles. The third-order valence-corrected chi connectivity index (χ3v) is 5.81.